The van der Waals surface area contributed by atoms with Crippen LogP contribution in [0.15, 0.2) is 46.9 Å². The van der Waals surface area contributed by atoms with E-state index in [4.69, 9.17) is 9.52 Å². The van der Waals surface area contributed by atoms with Gasteiger partial charge in [-0.3, -0.25) is 4.90 Å². The van der Waals surface area contributed by atoms with E-state index in [0.29, 0.717) is 17.7 Å². The number of likely N-dealkylation sites (tertiary alicyclic amines) is 1. The number of rotatable bonds is 4. The van der Waals surface area contributed by atoms with Crippen molar-refractivity contribution < 1.29 is 9.52 Å². The van der Waals surface area contributed by atoms with Gasteiger partial charge in [-0.2, -0.15) is 0 Å². The van der Waals surface area contributed by atoms with E-state index < -0.39 is 0 Å². The minimum Gasteiger partial charge on any atom is -0.462 e. The summed E-state index contributed by atoms with van der Waals surface area (Å²) in [6.07, 6.45) is 1.19. The molecule has 1 saturated heterocycles. The molecule has 1 aliphatic heterocycles. The van der Waals surface area contributed by atoms with Gasteiger partial charge in [-0.05, 0) is 37.0 Å². The van der Waals surface area contributed by atoms with Crippen molar-refractivity contribution >= 4 is 0 Å². The highest BCUT2D eigenvalue weighted by atomic mass is 16.4. The second-order valence-electron chi connectivity index (χ2n) is 5.65. The lowest BCUT2D eigenvalue weighted by atomic mass is 9.97. The first-order valence-electron chi connectivity index (χ1n) is 7.23. The summed E-state index contributed by atoms with van der Waals surface area (Å²) in [7, 11) is 0. The third kappa shape index (κ3) is 2.79. The standard InChI is InChI=1S/C17H21NO2/c1-13-9-15(14-5-3-2-4-6-14)10-18(13)11-16-7-8-17(12-19)20-16/h2-8,13,15,19H,9-12H2,1H3/t13-,15+/m0/s1. The maximum atomic E-state index is 9.05. The smallest absolute Gasteiger partial charge is 0.129 e. The Kier molecular flexibility index (Phi) is 3.90. The Hall–Kier alpha value is -1.58. The van der Waals surface area contributed by atoms with Crippen LogP contribution in [-0.2, 0) is 13.2 Å². The SMILES string of the molecule is C[C@H]1C[C@@H](c2ccccc2)CN1Cc1ccc(CO)o1. The van der Waals surface area contributed by atoms with Crippen LogP contribution < -0.4 is 0 Å². The van der Waals surface area contributed by atoms with Gasteiger partial charge >= 0.3 is 0 Å². The average molecular weight is 271 g/mol. The second-order valence-corrected chi connectivity index (χ2v) is 5.65. The molecule has 0 unspecified atom stereocenters. The molecule has 1 aliphatic rings. The van der Waals surface area contributed by atoms with Crippen LogP contribution in [0.4, 0.5) is 0 Å². The Morgan fingerprint density at radius 2 is 1.90 bits per heavy atom. The quantitative estimate of drug-likeness (QED) is 0.928. The molecule has 1 aromatic carbocycles. The molecule has 0 radical (unpaired) electrons. The predicted octanol–water partition coefficient (Wildman–Crippen LogP) is 3.15. The first kappa shape index (κ1) is 13.4. The lowest BCUT2D eigenvalue weighted by molar-refractivity contribution is 0.215. The monoisotopic (exact) mass is 271 g/mol. The molecule has 106 valence electrons. The van der Waals surface area contributed by atoms with Crippen LogP contribution in [-0.4, -0.2) is 22.6 Å². The fourth-order valence-electron chi connectivity index (χ4n) is 3.08. The first-order valence-corrected chi connectivity index (χ1v) is 7.23. The predicted molar refractivity (Wildman–Crippen MR) is 78.3 cm³/mol. The zero-order chi connectivity index (χ0) is 13.9. The van der Waals surface area contributed by atoms with Crippen molar-refractivity contribution in [3.05, 3.63) is 59.5 Å². The number of benzene rings is 1. The number of hydrogen-bond donors (Lipinski definition) is 1. The Morgan fingerprint density at radius 3 is 2.60 bits per heavy atom. The van der Waals surface area contributed by atoms with Crippen LogP contribution in [0.3, 0.4) is 0 Å². The summed E-state index contributed by atoms with van der Waals surface area (Å²) in [5.74, 6) is 2.19. The summed E-state index contributed by atoms with van der Waals surface area (Å²) in [5.41, 5.74) is 1.43. The molecule has 0 spiro atoms. The molecule has 20 heavy (non-hydrogen) atoms. The van der Waals surface area contributed by atoms with Crippen molar-refractivity contribution in [1.29, 1.82) is 0 Å². The second kappa shape index (κ2) is 5.81. The van der Waals surface area contributed by atoms with Gasteiger partial charge in [0.1, 0.15) is 18.1 Å². The number of aliphatic hydroxyl groups excluding tert-OH is 1. The summed E-state index contributed by atoms with van der Waals surface area (Å²) in [6, 6.07) is 15.1. The highest BCUT2D eigenvalue weighted by Gasteiger charge is 2.30. The molecular formula is C17H21NO2. The van der Waals surface area contributed by atoms with E-state index in [1.54, 1.807) is 0 Å². The molecule has 1 N–H and O–H groups in total. The largest absolute Gasteiger partial charge is 0.462 e. The van der Waals surface area contributed by atoms with E-state index in [-0.39, 0.29) is 6.61 Å². The molecular weight excluding hydrogens is 250 g/mol. The van der Waals surface area contributed by atoms with Gasteiger partial charge in [0, 0.05) is 12.6 Å². The lowest BCUT2D eigenvalue weighted by Crippen LogP contribution is -2.26. The maximum Gasteiger partial charge on any atom is 0.129 e. The number of aliphatic hydroxyl groups is 1. The Balaban J connectivity index is 1.66. The molecule has 2 heterocycles. The normalized spacial score (nSPS) is 23.3. The van der Waals surface area contributed by atoms with Crippen LogP contribution in [0.2, 0.25) is 0 Å². The summed E-state index contributed by atoms with van der Waals surface area (Å²) in [5, 5.41) is 9.05. The summed E-state index contributed by atoms with van der Waals surface area (Å²) in [4.78, 5) is 2.46. The van der Waals surface area contributed by atoms with Crippen LogP contribution in [0, 0.1) is 0 Å². The van der Waals surface area contributed by atoms with Crippen molar-refractivity contribution in [2.75, 3.05) is 6.54 Å². The minimum atomic E-state index is -0.0256. The molecule has 0 amide bonds. The molecule has 3 heteroatoms. The lowest BCUT2D eigenvalue weighted by Gasteiger charge is -2.19. The van der Waals surface area contributed by atoms with Gasteiger partial charge < -0.3 is 9.52 Å². The van der Waals surface area contributed by atoms with E-state index in [9.17, 15) is 0 Å². The first-order chi connectivity index (χ1) is 9.76. The summed E-state index contributed by atoms with van der Waals surface area (Å²) < 4.78 is 5.59. The topological polar surface area (TPSA) is 36.6 Å². The van der Waals surface area contributed by atoms with E-state index in [2.05, 4.69) is 42.2 Å². The zero-order valence-electron chi connectivity index (χ0n) is 11.8. The minimum absolute atomic E-state index is 0.0256. The van der Waals surface area contributed by atoms with Crippen molar-refractivity contribution in [1.82, 2.24) is 4.90 Å². The van der Waals surface area contributed by atoms with Gasteiger partial charge in [-0.15, -0.1) is 0 Å². The van der Waals surface area contributed by atoms with Crippen molar-refractivity contribution in [2.24, 2.45) is 0 Å². The van der Waals surface area contributed by atoms with E-state index in [1.807, 2.05) is 12.1 Å². The molecule has 2 atom stereocenters. The molecule has 3 nitrogen and oxygen atoms in total. The molecule has 1 aromatic heterocycles. The van der Waals surface area contributed by atoms with Gasteiger partial charge in [-0.1, -0.05) is 30.3 Å². The van der Waals surface area contributed by atoms with Gasteiger partial charge in [0.2, 0.25) is 0 Å². The van der Waals surface area contributed by atoms with Crippen LogP contribution in [0.5, 0.6) is 0 Å². The zero-order valence-corrected chi connectivity index (χ0v) is 11.8. The fourth-order valence-corrected chi connectivity index (χ4v) is 3.08. The van der Waals surface area contributed by atoms with Crippen LogP contribution >= 0.6 is 0 Å². The number of hydrogen-bond acceptors (Lipinski definition) is 3. The third-order valence-electron chi connectivity index (χ3n) is 4.21. The Labute approximate surface area is 119 Å². The van der Waals surface area contributed by atoms with Crippen LogP contribution in [0.1, 0.15) is 36.3 Å². The Bertz CT molecular complexity index is 549. The van der Waals surface area contributed by atoms with Crippen molar-refractivity contribution in [2.45, 2.75) is 38.5 Å². The molecule has 0 aliphatic carbocycles. The average Bonchev–Trinajstić information content (AvgIpc) is 3.08. The Morgan fingerprint density at radius 1 is 1.15 bits per heavy atom. The van der Waals surface area contributed by atoms with E-state index in [1.165, 1.54) is 12.0 Å². The molecule has 0 saturated carbocycles. The van der Waals surface area contributed by atoms with Gasteiger partial charge in [0.05, 0.1) is 6.54 Å². The van der Waals surface area contributed by atoms with E-state index >= 15 is 0 Å². The number of nitrogens with zero attached hydrogens (tertiary/aromatic N) is 1. The summed E-state index contributed by atoms with van der Waals surface area (Å²) in [6.45, 7) is 4.14. The maximum absolute atomic E-state index is 9.05. The fraction of sp³-hybridized carbons (Fsp3) is 0.412. The van der Waals surface area contributed by atoms with Crippen LogP contribution in [0.25, 0.3) is 0 Å². The van der Waals surface area contributed by atoms with Crippen molar-refractivity contribution in [3.8, 4) is 0 Å². The van der Waals surface area contributed by atoms with Gasteiger partial charge in [0.15, 0.2) is 0 Å². The molecule has 2 aromatic rings. The summed E-state index contributed by atoms with van der Waals surface area (Å²) >= 11 is 0. The highest BCUT2D eigenvalue weighted by molar-refractivity contribution is 5.21. The van der Waals surface area contributed by atoms with E-state index in [0.717, 1.165) is 18.8 Å². The third-order valence-corrected chi connectivity index (χ3v) is 4.21. The molecule has 3 rings (SSSR count). The number of furan rings is 1. The van der Waals surface area contributed by atoms with Crippen molar-refractivity contribution in [3.63, 3.8) is 0 Å². The van der Waals surface area contributed by atoms with Gasteiger partial charge in [0.25, 0.3) is 0 Å². The molecule has 0 bridgehead atoms. The van der Waals surface area contributed by atoms with Gasteiger partial charge in [-0.25, -0.2) is 0 Å². The molecule has 1 fully saturated rings. The highest BCUT2D eigenvalue weighted by Crippen LogP contribution is 2.32.